The van der Waals surface area contributed by atoms with Crippen LogP contribution in [0, 0.1) is 6.92 Å². The molecule has 116 valence electrons. The molecule has 1 aromatic rings. The maximum Gasteiger partial charge on any atom is 0.326 e. The molecule has 0 aromatic carbocycles. The Hall–Kier alpha value is -1.34. The van der Waals surface area contributed by atoms with Gasteiger partial charge in [-0.05, 0) is 40.2 Å². The molecule has 0 aliphatic heterocycles. The number of H-pyrrole nitrogens is 1. The van der Waals surface area contributed by atoms with Gasteiger partial charge in [0.15, 0.2) is 5.16 Å². The van der Waals surface area contributed by atoms with Crippen LogP contribution in [-0.4, -0.2) is 40.4 Å². The van der Waals surface area contributed by atoms with Crippen LogP contribution in [0.3, 0.4) is 0 Å². The van der Waals surface area contributed by atoms with E-state index in [1.54, 1.807) is 14.0 Å². The number of hydrogen-bond donors (Lipinski definition) is 2. The maximum atomic E-state index is 12.1. The molecule has 1 aliphatic carbocycles. The summed E-state index contributed by atoms with van der Waals surface area (Å²) in [6.07, 6.45) is 2.28. The van der Waals surface area contributed by atoms with Gasteiger partial charge in [-0.15, -0.1) is 0 Å². The SMILES string of the molecule is CCOC(=O)C1(NC)CCC(Sc2nc(C)cc(=O)[nH]2)C1. The van der Waals surface area contributed by atoms with Gasteiger partial charge in [-0.25, -0.2) is 4.98 Å². The number of likely N-dealkylation sites (N-methyl/N-ethyl adjacent to an activating group) is 1. The molecule has 0 saturated heterocycles. The predicted molar refractivity (Wildman–Crippen MR) is 81.5 cm³/mol. The van der Waals surface area contributed by atoms with Gasteiger partial charge in [0.2, 0.25) is 0 Å². The molecular formula is C14H21N3O3S. The van der Waals surface area contributed by atoms with Crippen LogP contribution in [0.1, 0.15) is 31.9 Å². The first kappa shape index (κ1) is 16.0. The van der Waals surface area contributed by atoms with Crippen molar-refractivity contribution in [2.75, 3.05) is 13.7 Å². The lowest BCUT2D eigenvalue weighted by molar-refractivity contribution is -0.150. The normalized spacial score (nSPS) is 25.0. The van der Waals surface area contributed by atoms with E-state index in [1.807, 2.05) is 6.92 Å². The van der Waals surface area contributed by atoms with E-state index in [2.05, 4.69) is 15.3 Å². The second kappa shape index (κ2) is 6.62. The minimum absolute atomic E-state index is 0.145. The highest BCUT2D eigenvalue weighted by atomic mass is 32.2. The lowest BCUT2D eigenvalue weighted by atomic mass is 9.98. The van der Waals surface area contributed by atoms with Crippen molar-refractivity contribution in [3.63, 3.8) is 0 Å². The van der Waals surface area contributed by atoms with E-state index >= 15 is 0 Å². The zero-order valence-electron chi connectivity index (χ0n) is 12.6. The average molecular weight is 311 g/mol. The largest absolute Gasteiger partial charge is 0.465 e. The fraction of sp³-hybridized carbons (Fsp3) is 0.643. The van der Waals surface area contributed by atoms with Gasteiger partial charge < -0.3 is 15.0 Å². The Morgan fingerprint density at radius 3 is 3.05 bits per heavy atom. The summed E-state index contributed by atoms with van der Waals surface area (Å²) in [6.45, 7) is 3.99. The summed E-state index contributed by atoms with van der Waals surface area (Å²) in [7, 11) is 1.79. The molecule has 2 N–H and O–H groups in total. The van der Waals surface area contributed by atoms with Crippen LogP contribution in [0.25, 0.3) is 0 Å². The lowest BCUT2D eigenvalue weighted by Gasteiger charge is -2.26. The number of esters is 1. The van der Waals surface area contributed by atoms with Crippen molar-refractivity contribution >= 4 is 17.7 Å². The van der Waals surface area contributed by atoms with Crippen LogP contribution >= 0.6 is 11.8 Å². The maximum absolute atomic E-state index is 12.1. The molecule has 2 atom stereocenters. The Morgan fingerprint density at radius 1 is 1.67 bits per heavy atom. The summed E-state index contributed by atoms with van der Waals surface area (Å²) in [5, 5.41) is 3.96. The third-order valence-electron chi connectivity index (χ3n) is 3.74. The number of nitrogens with one attached hydrogen (secondary N) is 2. The van der Waals surface area contributed by atoms with E-state index in [1.165, 1.54) is 17.8 Å². The van der Waals surface area contributed by atoms with Crippen LogP contribution in [-0.2, 0) is 9.53 Å². The van der Waals surface area contributed by atoms with Gasteiger partial charge in [-0.1, -0.05) is 11.8 Å². The number of aromatic nitrogens is 2. The van der Waals surface area contributed by atoms with E-state index in [-0.39, 0.29) is 16.8 Å². The summed E-state index contributed by atoms with van der Waals surface area (Å²) >= 11 is 1.52. The Bertz CT molecular complexity index is 575. The van der Waals surface area contributed by atoms with Gasteiger partial charge in [0.05, 0.1) is 6.61 Å². The summed E-state index contributed by atoms with van der Waals surface area (Å²) in [5.41, 5.74) is -0.0598. The van der Waals surface area contributed by atoms with Gasteiger partial charge >= 0.3 is 5.97 Å². The smallest absolute Gasteiger partial charge is 0.326 e. The number of aromatic amines is 1. The number of carbonyl (C=O) groups is 1. The second-order valence-corrected chi connectivity index (χ2v) is 6.52. The van der Waals surface area contributed by atoms with Crippen LogP contribution < -0.4 is 10.9 Å². The first-order valence-corrected chi connectivity index (χ1v) is 7.98. The second-order valence-electron chi connectivity index (χ2n) is 5.23. The first-order valence-electron chi connectivity index (χ1n) is 7.10. The van der Waals surface area contributed by atoms with E-state index in [4.69, 9.17) is 4.74 Å². The minimum atomic E-state index is -0.613. The Labute approximate surface area is 128 Å². The molecule has 0 radical (unpaired) electrons. The Balaban J connectivity index is 2.07. The van der Waals surface area contributed by atoms with E-state index < -0.39 is 5.54 Å². The highest BCUT2D eigenvalue weighted by Gasteiger charge is 2.45. The molecule has 0 spiro atoms. The molecule has 0 bridgehead atoms. The molecule has 1 fully saturated rings. The van der Waals surface area contributed by atoms with Crippen LogP contribution in [0.4, 0.5) is 0 Å². The zero-order valence-corrected chi connectivity index (χ0v) is 13.4. The fourth-order valence-electron chi connectivity index (χ4n) is 2.65. The van der Waals surface area contributed by atoms with Crippen molar-refractivity contribution in [1.82, 2.24) is 15.3 Å². The molecule has 2 unspecified atom stereocenters. The number of aryl methyl sites for hydroxylation is 1. The first-order chi connectivity index (χ1) is 9.99. The highest BCUT2D eigenvalue weighted by molar-refractivity contribution is 7.99. The summed E-state index contributed by atoms with van der Waals surface area (Å²) < 4.78 is 5.17. The standard InChI is InChI=1S/C14H21N3O3S/c1-4-20-12(19)14(15-3)6-5-10(8-14)21-13-16-9(2)7-11(18)17-13/h7,10,15H,4-6,8H2,1-3H3,(H,16,17,18). The topological polar surface area (TPSA) is 84.1 Å². The van der Waals surface area contributed by atoms with Crippen LogP contribution in [0.2, 0.25) is 0 Å². The van der Waals surface area contributed by atoms with Gasteiger partial charge in [-0.2, -0.15) is 0 Å². The Morgan fingerprint density at radius 2 is 2.43 bits per heavy atom. The molecule has 21 heavy (non-hydrogen) atoms. The average Bonchev–Trinajstić information content (AvgIpc) is 2.82. The molecule has 1 heterocycles. The van der Waals surface area contributed by atoms with Gasteiger partial charge in [0.25, 0.3) is 5.56 Å². The number of thioether (sulfide) groups is 1. The minimum Gasteiger partial charge on any atom is -0.465 e. The van der Waals surface area contributed by atoms with Crippen molar-refractivity contribution in [1.29, 1.82) is 0 Å². The predicted octanol–water partition coefficient (Wildman–Crippen LogP) is 1.24. The fourth-order valence-corrected chi connectivity index (χ4v) is 3.93. The molecular weight excluding hydrogens is 290 g/mol. The molecule has 1 aromatic heterocycles. The molecule has 1 aliphatic rings. The number of carbonyl (C=O) groups excluding carboxylic acids is 1. The van der Waals surface area contributed by atoms with Gasteiger partial charge in [0, 0.05) is 17.0 Å². The van der Waals surface area contributed by atoms with Crippen molar-refractivity contribution < 1.29 is 9.53 Å². The van der Waals surface area contributed by atoms with Crippen molar-refractivity contribution in [2.24, 2.45) is 0 Å². The van der Waals surface area contributed by atoms with Crippen LogP contribution in [0.5, 0.6) is 0 Å². The molecule has 7 heteroatoms. The van der Waals surface area contributed by atoms with Crippen LogP contribution in [0.15, 0.2) is 16.0 Å². The van der Waals surface area contributed by atoms with Crippen molar-refractivity contribution in [3.05, 3.63) is 22.1 Å². The van der Waals surface area contributed by atoms with Crippen molar-refractivity contribution in [3.8, 4) is 0 Å². The molecule has 1 saturated carbocycles. The van der Waals surface area contributed by atoms with Gasteiger partial charge in [0.1, 0.15) is 5.54 Å². The molecule has 6 nitrogen and oxygen atoms in total. The summed E-state index contributed by atoms with van der Waals surface area (Å²) in [6, 6.07) is 1.47. The number of nitrogens with zero attached hydrogens (tertiary/aromatic N) is 1. The zero-order chi connectivity index (χ0) is 15.5. The molecule has 2 rings (SSSR count). The van der Waals surface area contributed by atoms with E-state index in [9.17, 15) is 9.59 Å². The quantitative estimate of drug-likeness (QED) is 0.629. The Kier molecular flexibility index (Phi) is 5.05. The third-order valence-corrected chi connectivity index (χ3v) is 4.89. The van der Waals surface area contributed by atoms with Crippen molar-refractivity contribution in [2.45, 2.75) is 49.1 Å². The van der Waals surface area contributed by atoms with E-state index in [0.29, 0.717) is 23.9 Å². The summed E-state index contributed by atoms with van der Waals surface area (Å²) in [5.74, 6) is -0.193. The summed E-state index contributed by atoms with van der Waals surface area (Å²) in [4.78, 5) is 30.7. The van der Waals surface area contributed by atoms with E-state index in [0.717, 1.165) is 12.8 Å². The van der Waals surface area contributed by atoms with Gasteiger partial charge in [-0.3, -0.25) is 9.59 Å². The third kappa shape index (κ3) is 3.65. The lowest BCUT2D eigenvalue weighted by Crippen LogP contribution is -2.49. The number of hydrogen-bond acceptors (Lipinski definition) is 6. The highest BCUT2D eigenvalue weighted by Crippen LogP contribution is 2.39. The number of ether oxygens (including phenoxy) is 1. The number of rotatable bonds is 5. The monoisotopic (exact) mass is 311 g/mol. The molecule has 0 amide bonds.